The van der Waals surface area contributed by atoms with Gasteiger partial charge in [-0.15, -0.1) is 0 Å². The maximum Gasteiger partial charge on any atom is 0.231 e. The normalized spacial score (nSPS) is 15.2. The van der Waals surface area contributed by atoms with E-state index in [2.05, 4.69) is 32.2 Å². The van der Waals surface area contributed by atoms with E-state index in [9.17, 15) is 5.11 Å². The lowest BCUT2D eigenvalue weighted by atomic mass is 9.79. The molecule has 4 nitrogen and oxygen atoms in total. The molecule has 1 unspecified atom stereocenters. The predicted molar refractivity (Wildman–Crippen MR) is 83.7 cm³/mol. The van der Waals surface area contributed by atoms with Gasteiger partial charge in [0.25, 0.3) is 0 Å². The Kier molecular flexibility index (Phi) is 5.48. The minimum atomic E-state index is 0.180. The van der Waals surface area contributed by atoms with Crippen LogP contribution in [0.1, 0.15) is 51.6 Å². The van der Waals surface area contributed by atoms with Crippen molar-refractivity contribution in [1.29, 1.82) is 0 Å². The van der Waals surface area contributed by atoms with Gasteiger partial charge < -0.3 is 19.9 Å². The van der Waals surface area contributed by atoms with Gasteiger partial charge in [0.1, 0.15) is 0 Å². The summed E-state index contributed by atoms with van der Waals surface area (Å²) in [6.45, 7) is 8.04. The molecule has 1 aromatic rings. The molecule has 1 aliphatic rings. The van der Waals surface area contributed by atoms with Crippen molar-refractivity contribution >= 4 is 0 Å². The number of nitrogens with one attached hydrogen (secondary N) is 1. The lowest BCUT2D eigenvalue weighted by Gasteiger charge is -2.33. The third kappa shape index (κ3) is 3.69. The second-order valence-corrected chi connectivity index (χ2v) is 5.90. The highest BCUT2D eigenvalue weighted by Gasteiger charge is 2.26. The molecule has 0 saturated carbocycles. The number of fused-ring (bicyclic) bond motifs is 1. The van der Waals surface area contributed by atoms with Crippen molar-refractivity contribution in [3.8, 4) is 11.5 Å². The monoisotopic (exact) mass is 293 g/mol. The summed E-state index contributed by atoms with van der Waals surface area (Å²) in [6.07, 6.45) is 3.00. The van der Waals surface area contributed by atoms with Crippen molar-refractivity contribution in [2.24, 2.45) is 5.41 Å². The lowest BCUT2D eigenvalue weighted by molar-refractivity contribution is 0.160. The Bertz CT molecular complexity index is 457. The highest BCUT2D eigenvalue weighted by atomic mass is 16.7. The molecule has 0 saturated heterocycles. The number of rotatable bonds is 8. The smallest absolute Gasteiger partial charge is 0.231 e. The van der Waals surface area contributed by atoms with E-state index >= 15 is 0 Å². The average Bonchev–Trinajstić information content (AvgIpc) is 2.98. The Hall–Kier alpha value is -1.26. The van der Waals surface area contributed by atoms with Crippen molar-refractivity contribution in [2.45, 2.75) is 46.1 Å². The number of ether oxygens (including phenoxy) is 2. The number of hydrogen-bond acceptors (Lipinski definition) is 4. The third-order valence-electron chi connectivity index (χ3n) is 4.82. The zero-order valence-corrected chi connectivity index (χ0v) is 13.3. The minimum Gasteiger partial charge on any atom is -0.454 e. The molecule has 2 N–H and O–H groups in total. The van der Waals surface area contributed by atoms with Crippen LogP contribution in [-0.2, 0) is 0 Å². The van der Waals surface area contributed by atoms with Crippen LogP contribution in [0.4, 0.5) is 0 Å². The van der Waals surface area contributed by atoms with Crippen molar-refractivity contribution in [3.63, 3.8) is 0 Å². The second-order valence-electron chi connectivity index (χ2n) is 5.90. The van der Waals surface area contributed by atoms with Gasteiger partial charge in [-0.3, -0.25) is 0 Å². The average molecular weight is 293 g/mol. The van der Waals surface area contributed by atoms with Crippen molar-refractivity contribution in [3.05, 3.63) is 23.8 Å². The summed E-state index contributed by atoms with van der Waals surface area (Å²) in [5.41, 5.74) is 1.38. The van der Waals surface area contributed by atoms with Crippen LogP contribution in [-0.4, -0.2) is 25.1 Å². The topological polar surface area (TPSA) is 50.7 Å². The molecule has 0 amide bonds. The van der Waals surface area contributed by atoms with E-state index in [-0.39, 0.29) is 18.1 Å². The Balaban J connectivity index is 1.99. The first kappa shape index (κ1) is 16.1. The molecule has 2 rings (SSSR count). The van der Waals surface area contributed by atoms with Gasteiger partial charge in [0, 0.05) is 19.2 Å². The molecule has 0 aromatic heterocycles. The molecule has 1 aromatic carbocycles. The van der Waals surface area contributed by atoms with Gasteiger partial charge in [-0.2, -0.15) is 0 Å². The Morgan fingerprint density at radius 3 is 2.62 bits per heavy atom. The van der Waals surface area contributed by atoms with E-state index in [1.165, 1.54) is 5.56 Å². The summed E-state index contributed by atoms with van der Waals surface area (Å²) in [6, 6.07) is 6.34. The van der Waals surface area contributed by atoms with E-state index in [4.69, 9.17) is 9.47 Å². The Morgan fingerprint density at radius 1 is 1.24 bits per heavy atom. The highest BCUT2D eigenvalue weighted by molar-refractivity contribution is 5.45. The maximum atomic E-state index is 9.29. The number of aliphatic hydroxyl groups is 1. The molecule has 0 fully saturated rings. The fourth-order valence-electron chi connectivity index (χ4n) is 2.85. The van der Waals surface area contributed by atoms with Gasteiger partial charge >= 0.3 is 0 Å². The predicted octanol–water partition coefficient (Wildman–Crippen LogP) is 3.25. The van der Waals surface area contributed by atoms with Crippen LogP contribution in [0.5, 0.6) is 11.5 Å². The quantitative estimate of drug-likeness (QED) is 0.772. The van der Waals surface area contributed by atoms with E-state index in [1.54, 1.807) is 0 Å². The third-order valence-corrected chi connectivity index (χ3v) is 4.82. The molecular formula is C17H27NO3. The summed E-state index contributed by atoms with van der Waals surface area (Å²) in [4.78, 5) is 0. The zero-order chi connectivity index (χ0) is 15.3. The van der Waals surface area contributed by atoms with Gasteiger partial charge in [-0.05, 0) is 49.3 Å². The minimum absolute atomic E-state index is 0.180. The molecule has 21 heavy (non-hydrogen) atoms. The highest BCUT2D eigenvalue weighted by Crippen LogP contribution is 2.35. The van der Waals surface area contributed by atoms with Crippen LogP contribution in [0, 0.1) is 5.41 Å². The SMILES string of the molecule is CCC(CC)(CCO)CNC(C)c1ccc2c(c1)OCO2. The van der Waals surface area contributed by atoms with Crippen LogP contribution in [0.2, 0.25) is 0 Å². The first-order valence-corrected chi connectivity index (χ1v) is 7.88. The molecule has 1 heterocycles. The molecule has 4 heteroatoms. The van der Waals surface area contributed by atoms with Gasteiger partial charge in [0.2, 0.25) is 6.79 Å². The maximum absolute atomic E-state index is 9.29. The molecule has 1 aliphatic heterocycles. The Morgan fingerprint density at radius 2 is 1.95 bits per heavy atom. The summed E-state index contributed by atoms with van der Waals surface area (Å²) >= 11 is 0. The molecule has 1 atom stereocenters. The largest absolute Gasteiger partial charge is 0.454 e. The van der Waals surface area contributed by atoms with Gasteiger partial charge in [-0.1, -0.05) is 19.9 Å². The zero-order valence-electron chi connectivity index (χ0n) is 13.3. The first-order chi connectivity index (χ1) is 10.1. The summed E-state index contributed by atoms with van der Waals surface area (Å²) < 4.78 is 10.8. The van der Waals surface area contributed by atoms with Gasteiger partial charge in [0.05, 0.1) is 0 Å². The lowest BCUT2D eigenvalue weighted by Crippen LogP contribution is -2.35. The van der Waals surface area contributed by atoms with E-state index in [1.807, 2.05) is 12.1 Å². The molecule has 0 aliphatic carbocycles. The fraction of sp³-hybridized carbons (Fsp3) is 0.647. The Labute approximate surface area is 127 Å². The fourth-order valence-corrected chi connectivity index (χ4v) is 2.85. The van der Waals surface area contributed by atoms with Crippen LogP contribution < -0.4 is 14.8 Å². The summed E-state index contributed by atoms with van der Waals surface area (Å²) in [7, 11) is 0. The van der Waals surface area contributed by atoms with E-state index in [0.29, 0.717) is 6.79 Å². The van der Waals surface area contributed by atoms with Crippen molar-refractivity contribution in [1.82, 2.24) is 5.32 Å². The van der Waals surface area contributed by atoms with E-state index < -0.39 is 0 Å². The van der Waals surface area contributed by atoms with Crippen LogP contribution in [0.15, 0.2) is 18.2 Å². The number of hydrogen-bond donors (Lipinski definition) is 2. The number of benzene rings is 1. The molecular weight excluding hydrogens is 266 g/mol. The molecule has 118 valence electrons. The second kappa shape index (κ2) is 7.14. The van der Waals surface area contributed by atoms with Gasteiger partial charge in [0.15, 0.2) is 11.5 Å². The van der Waals surface area contributed by atoms with Gasteiger partial charge in [-0.25, -0.2) is 0 Å². The summed E-state index contributed by atoms with van der Waals surface area (Å²) in [5, 5.41) is 12.9. The molecule has 0 radical (unpaired) electrons. The van der Waals surface area contributed by atoms with Crippen molar-refractivity contribution < 1.29 is 14.6 Å². The standard InChI is InChI=1S/C17H27NO3/c1-4-17(5-2,8-9-19)11-18-13(3)14-6-7-15-16(10-14)21-12-20-15/h6-7,10,13,18-19H,4-5,8-9,11-12H2,1-3H3. The first-order valence-electron chi connectivity index (χ1n) is 7.88. The van der Waals surface area contributed by atoms with Crippen LogP contribution in [0.25, 0.3) is 0 Å². The molecule has 0 bridgehead atoms. The van der Waals surface area contributed by atoms with Crippen LogP contribution in [0.3, 0.4) is 0 Å². The van der Waals surface area contributed by atoms with E-state index in [0.717, 1.165) is 37.3 Å². The summed E-state index contributed by atoms with van der Waals surface area (Å²) in [5.74, 6) is 1.65. The van der Waals surface area contributed by atoms with Crippen molar-refractivity contribution in [2.75, 3.05) is 19.9 Å². The van der Waals surface area contributed by atoms with Crippen LogP contribution >= 0.6 is 0 Å². The number of aliphatic hydroxyl groups excluding tert-OH is 1. The molecule has 0 spiro atoms.